The zero-order chi connectivity index (χ0) is 27.8. The number of ether oxygens (including phenoxy) is 1. The zero-order valence-corrected chi connectivity index (χ0v) is 23.1. The Labute approximate surface area is 239 Å². The molecule has 1 aromatic heterocycles. The molecule has 0 bridgehead atoms. The van der Waals surface area contributed by atoms with E-state index < -0.39 is 0 Å². The van der Waals surface area contributed by atoms with E-state index in [1.165, 1.54) is 22.1 Å². The van der Waals surface area contributed by atoms with Gasteiger partial charge in [-0.1, -0.05) is 48.4 Å². The summed E-state index contributed by atoms with van der Waals surface area (Å²) in [6.07, 6.45) is 6.49. The van der Waals surface area contributed by atoms with Gasteiger partial charge in [-0.15, -0.1) is 0 Å². The van der Waals surface area contributed by atoms with Crippen molar-refractivity contribution in [2.24, 2.45) is 17.8 Å². The molecule has 204 valence electrons. The molecule has 2 aromatic carbocycles. The van der Waals surface area contributed by atoms with Crippen LogP contribution in [0.1, 0.15) is 43.9 Å². The van der Waals surface area contributed by atoms with Crippen molar-refractivity contribution in [3.63, 3.8) is 0 Å². The van der Waals surface area contributed by atoms with Crippen molar-refractivity contribution >= 4 is 40.8 Å². The number of phenols is 1. The van der Waals surface area contributed by atoms with Crippen molar-refractivity contribution in [1.82, 2.24) is 4.98 Å². The Kier molecular flexibility index (Phi) is 7.30. The molecule has 0 spiro atoms. The Hall–Kier alpha value is -3.74. The van der Waals surface area contributed by atoms with Crippen molar-refractivity contribution < 1.29 is 19.4 Å². The van der Waals surface area contributed by atoms with E-state index in [1.807, 2.05) is 54.6 Å². The largest absolute Gasteiger partial charge is 0.508 e. The van der Waals surface area contributed by atoms with Gasteiger partial charge in [0.05, 0.1) is 41.0 Å². The number of pyridine rings is 1. The molecule has 4 atom stereocenters. The number of carbonyl (C=O) groups excluding carboxylic acids is 2. The molecule has 0 radical (unpaired) electrons. The van der Waals surface area contributed by atoms with Crippen LogP contribution in [0.15, 0.2) is 84.1 Å². The monoisotopic (exact) mass is 554 g/mol. The molecule has 2 saturated heterocycles. The molecule has 7 heteroatoms. The van der Waals surface area contributed by atoms with E-state index in [0.29, 0.717) is 30.2 Å². The van der Waals surface area contributed by atoms with Gasteiger partial charge in [-0.2, -0.15) is 0 Å². The molecule has 2 aliphatic heterocycles. The van der Waals surface area contributed by atoms with E-state index in [-0.39, 0.29) is 41.4 Å². The lowest BCUT2D eigenvalue weighted by Gasteiger charge is -2.31. The Morgan fingerprint density at radius 1 is 1.07 bits per heavy atom. The van der Waals surface area contributed by atoms with Gasteiger partial charge in [-0.25, -0.2) is 0 Å². The molecule has 1 N–H and O–H groups in total. The Morgan fingerprint density at radius 2 is 1.88 bits per heavy atom. The number of benzene rings is 2. The van der Waals surface area contributed by atoms with Crippen LogP contribution in [0.2, 0.25) is 5.02 Å². The molecule has 1 aliphatic carbocycles. The summed E-state index contributed by atoms with van der Waals surface area (Å²) in [6, 6.07) is 20.0. The van der Waals surface area contributed by atoms with Crippen LogP contribution < -0.4 is 4.90 Å². The molecule has 2 fully saturated rings. The molecule has 3 heterocycles. The van der Waals surface area contributed by atoms with Crippen LogP contribution in [-0.2, 0) is 14.3 Å². The van der Waals surface area contributed by atoms with Gasteiger partial charge in [-0.3, -0.25) is 19.5 Å². The Bertz CT molecular complexity index is 1500. The summed E-state index contributed by atoms with van der Waals surface area (Å²) >= 11 is 6.43. The number of fused-ring (bicyclic) bond motifs is 3. The van der Waals surface area contributed by atoms with Crippen molar-refractivity contribution in [1.29, 1.82) is 0 Å². The lowest BCUT2D eigenvalue weighted by molar-refractivity contribution is -0.122. The number of allylic oxidation sites excluding steroid dienone is 2. The highest BCUT2D eigenvalue weighted by Gasteiger charge is 2.57. The Balaban J connectivity index is 1.27. The fraction of sp³-hybridized carbons (Fsp3) is 0.303. The van der Waals surface area contributed by atoms with Crippen LogP contribution in [0.25, 0.3) is 11.6 Å². The molecule has 3 aromatic rings. The highest BCUT2D eigenvalue weighted by atomic mass is 35.5. The van der Waals surface area contributed by atoms with Crippen LogP contribution in [0, 0.1) is 17.8 Å². The van der Waals surface area contributed by atoms with Gasteiger partial charge >= 0.3 is 0 Å². The van der Waals surface area contributed by atoms with Crippen LogP contribution >= 0.6 is 11.6 Å². The SMILES string of the molecule is CCC1=C2[C@@H](CC/C(=C/c3ccc(O)cc3Cl)c3ccccn3)OC[C@@H]2[C@@H]2C(=O)N(c3ccccc3)C(=O)[C@@H]2C1. The molecular weight excluding hydrogens is 524 g/mol. The second-order valence-corrected chi connectivity index (χ2v) is 11.1. The highest BCUT2D eigenvalue weighted by Crippen LogP contribution is 2.51. The van der Waals surface area contributed by atoms with Gasteiger partial charge in [0.25, 0.3) is 0 Å². The molecule has 6 nitrogen and oxygen atoms in total. The Morgan fingerprint density at radius 3 is 2.60 bits per heavy atom. The first-order chi connectivity index (χ1) is 19.5. The maximum absolute atomic E-state index is 13.7. The number of hydrogen-bond donors (Lipinski definition) is 1. The average Bonchev–Trinajstić information content (AvgIpc) is 3.50. The van der Waals surface area contributed by atoms with Crippen molar-refractivity contribution in [3.8, 4) is 5.75 Å². The highest BCUT2D eigenvalue weighted by molar-refractivity contribution is 6.32. The minimum absolute atomic E-state index is 0.0855. The number of imide groups is 1. The lowest BCUT2D eigenvalue weighted by Crippen LogP contribution is -2.34. The lowest BCUT2D eigenvalue weighted by atomic mass is 9.69. The third kappa shape index (κ3) is 4.76. The normalized spacial score (nSPS) is 24.4. The molecule has 40 heavy (non-hydrogen) atoms. The summed E-state index contributed by atoms with van der Waals surface area (Å²) < 4.78 is 6.39. The van der Waals surface area contributed by atoms with Gasteiger partial charge in [0.2, 0.25) is 11.8 Å². The number of nitrogens with zero attached hydrogens (tertiary/aromatic N) is 2. The zero-order valence-electron chi connectivity index (χ0n) is 22.3. The minimum atomic E-state index is -0.385. The second-order valence-electron chi connectivity index (χ2n) is 10.7. The van der Waals surface area contributed by atoms with Gasteiger partial charge in [-0.05, 0) is 90.9 Å². The van der Waals surface area contributed by atoms with E-state index in [0.717, 1.165) is 29.7 Å². The molecule has 0 unspecified atom stereocenters. The molecule has 6 rings (SSSR count). The van der Waals surface area contributed by atoms with Crippen molar-refractivity contribution in [3.05, 3.63) is 100 Å². The second kappa shape index (κ2) is 11.0. The van der Waals surface area contributed by atoms with E-state index in [1.54, 1.807) is 18.3 Å². The van der Waals surface area contributed by atoms with E-state index >= 15 is 0 Å². The average molecular weight is 555 g/mol. The summed E-state index contributed by atoms with van der Waals surface area (Å²) in [7, 11) is 0. The third-order valence-electron chi connectivity index (χ3n) is 8.43. The van der Waals surface area contributed by atoms with Crippen LogP contribution in [-0.4, -0.2) is 34.6 Å². The van der Waals surface area contributed by atoms with Crippen LogP contribution in [0.4, 0.5) is 5.69 Å². The van der Waals surface area contributed by atoms with E-state index in [9.17, 15) is 14.7 Å². The number of rotatable bonds is 7. The maximum atomic E-state index is 13.7. The summed E-state index contributed by atoms with van der Waals surface area (Å²) in [6.45, 7) is 2.57. The standard InChI is InChI=1S/C33H31ClN2O4/c1-2-20-17-25-31(33(39)36(32(25)38)23-8-4-3-5-9-23)26-19-40-29(30(20)26)14-12-22(28-10-6-7-15-35-28)16-21-11-13-24(37)18-27(21)34/h3-11,13,15-16,18,25-26,29,31,37H,2,12,14,17,19H2,1H3/b22-16-/t25-,26+,29-,31-/m1/s1. The van der Waals surface area contributed by atoms with Gasteiger partial charge < -0.3 is 9.84 Å². The number of halogens is 1. The van der Waals surface area contributed by atoms with Gasteiger partial charge in [0, 0.05) is 12.1 Å². The fourth-order valence-electron chi connectivity index (χ4n) is 6.58. The quantitative estimate of drug-likeness (QED) is 0.260. The predicted molar refractivity (Wildman–Crippen MR) is 156 cm³/mol. The van der Waals surface area contributed by atoms with Crippen molar-refractivity contribution in [2.75, 3.05) is 11.5 Å². The smallest absolute Gasteiger partial charge is 0.238 e. The minimum Gasteiger partial charge on any atom is -0.508 e. The summed E-state index contributed by atoms with van der Waals surface area (Å²) in [5.41, 5.74) is 5.76. The number of aromatic nitrogens is 1. The number of anilines is 1. The van der Waals surface area contributed by atoms with Crippen LogP contribution in [0.5, 0.6) is 5.75 Å². The van der Waals surface area contributed by atoms with E-state index in [4.69, 9.17) is 16.3 Å². The molecule has 0 saturated carbocycles. The summed E-state index contributed by atoms with van der Waals surface area (Å²) in [4.78, 5) is 33.1. The molecular formula is C33H31ClN2O4. The third-order valence-corrected chi connectivity index (χ3v) is 8.76. The van der Waals surface area contributed by atoms with Gasteiger partial charge in [0.15, 0.2) is 0 Å². The topological polar surface area (TPSA) is 79.7 Å². The number of amides is 2. The number of para-hydroxylation sites is 1. The van der Waals surface area contributed by atoms with Gasteiger partial charge in [0.1, 0.15) is 5.75 Å². The fourth-order valence-corrected chi connectivity index (χ4v) is 6.81. The first-order valence-corrected chi connectivity index (χ1v) is 14.2. The molecule has 2 amide bonds. The predicted octanol–water partition coefficient (Wildman–Crippen LogP) is 6.69. The summed E-state index contributed by atoms with van der Waals surface area (Å²) in [5.74, 6) is -0.894. The molecule has 3 aliphatic rings. The number of hydrogen-bond acceptors (Lipinski definition) is 5. The number of aromatic hydroxyl groups is 1. The van der Waals surface area contributed by atoms with Crippen molar-refractivity contribution in [2.45, 2.75) is 38.7 Å². The number of phenolic OH excluding ortho intramolecular Hbond substituents is 1. The van der Waals surface area contributed by atoms with Crippen LogP contribution in [0.3, 0.4) is 0 Å². The first-order valence-electron chi connectivity index (χ1n) is 13.8. The van der Waals surface area contributed by atoms with E-state index in [2.05, 4.69) is 11.9 Å². The number of carbonyl (C=O) groups is 2. The summed E-state index contributed by atoms with van der Waals surface area (Å²) in [5, 5.41) is 10.3. The maximum Gasteiger partial charge on any atom is 0.238 e. The first kappa shape index (κ1) is 26.5.